The van der Waals surface area contributed by atoms with Crippen molar-refractivity contribution in [2.24, 2.45) is 4.99 Å². The van der Waals surface area contributed by atoms with Crippen LogP contribution in [0.1, 0.15) is 55.0 Å². The van der Waals surface area contributed by atoms with E-state index < -0.39 is 12.0 Å². The molecule has 1 aliphatic rings. The lowest BCUT2D eigenvalue weighted by atomic mass is 9.91. The molecule has 0 aliphatic carbocycles. The Morgan fingerprint density at radius 2 is 1.84 bits per heavy atom. The normalized spacial score (nSPS) is 15.5. The first-order valence-electron chi connectivity index (χ1n) is 12.3. The Bertz CT molecular complexity index is 1630. The molecule has 3 heterocycles. The van der Waals surface area contributed by atoms with Crippen LogP contribution >= 0.6 is 11.3 Å². The van der Waals surface area contributed by atoms with Crippen molar-refractivity contribution in [2.75, 3.05) is 6.61 Å². The van der Waals surface area contributed by atoms with Crippen LogP contribution in [0.5, 0.6) is 0 Å². The summed E-state index contributed by atoms with van der Waals surface area (Å²) in [4.78, 5) is 36.9. The Morgan fingerprint density at radius 3 is 2.49 bits per heavy atom. The molecule has 0 amide bonds. The molecule has 0 unspecified atom stereocenters. The highest BCUT2D eigenvalue weighted by molar-refractivity contribution is 7.07. The number of rotatable bonds is 6. The Morgan fingerprint density at radius 1 is 1.08 bits per heavy atom. The van der Waals surface area contributed by atoms with Gasteiger partial charge in [-0.25, -0.2) is 9.79 Å². The second-order valence-corrected chi connectivity index (χ2v) is 10.0. The summed E-state index contributed by atoms with van der Waals surface area (Å²) < 4.78 is 7.66. The van der Waals surface area contributed by atoms with Gasteiger partial charge in [0.25, 0.3) is 5.56 Å². The molecule has 0 radical (unpaired) electrons. The Balaban J connectivity index is 1.82. The molecule has 186 valence electrons. The molecular weight excluding hydrogens is 482 g/mol. The molecule has 4 aromatic rings. The van der Waals surface area contributed by atoms with E-state index in [4.69, 9.17) is 9.73 Å². The van der Waals surface area contributed by atoms with E-state index in [1.54, 1.807) is 23.9 Å². The van der Waals surface area contributed by atoms with E-state index >= 15 is 0 Å². The van der Waals surface area contributed by atoms with Crippen LogP contribution in [0, 0.1) is 0 Å². The van der Waals surface area contributed by atoms with Gasteiger partial charge in [-0.2, -0.15) is 0 Å². The van der Waals surface area contributed by atoms with E-state index in [0.29, 0.717) is 26.5 Å². The Labute approximate surface area is 218 Å². The lowest BCUT2D eigenvalue weighted by Crippen LogP contribution is -2.40. The number of pyridine rings is 1. The van der Waals surface area contributed by atoms with Crippen LogP contribution in [-0.4, -0.2) is 22.1 Å². The van der Waals surface area contributed by atoms with Gasteiger partial charge >= 0.3 is 5.97 Å². The fourth-order valence-electron chi connectivity index (χ4n) is 4.43. The second-order valence-electron chi connectivity index (χ2n) is 9.04. The van der Waals surface area contributed by atoms with Crippen molar-refractivity contribution in [1.82, 2.24) is 9.55 Å². The number of fused-ring (bicyclic) bond motifs is 1. The van der Waals surface area contributed by atoms with E-state index in [0.717, 1.165) is 16.7 Å². The largest absolute Gasteiger partial charge is 0.463 e. The SMILES string of the molecule is CCOC(=O)C1=C(c2ccccc2)N=c2s/c(=C\c3cccnc3)c(=O)n2[C@@H]1c1ccc(C(C)C)cc1. The first kappa shape index (κ1) is 24.6. The van der Waals surface area contributed by atoms with Gasteiger partial charge in [-0.05, 0) is 41.7 Å². The number of benzene rings is 2. The highest BCUT2D eigenvalue weighted by Crippen LogP contribution is 2.35. The van der Waals surface area contributed by atoms with Gasteiger partial charge in [-0.15, -0.1) is 0 Å². The number of hydrogen-bond donors (Lipinski definition) is 0. The van der Waals surface area contributed by atoms with Crippen LogP contribution in [0.3, 0.4) is 0 Å². The van der Waals surface area contributed by atoms with Crippen molar-refractivity contribution in [3.63, 3.8) is 0 Å². The molecule has 2 aromatic heterocycles. The summed E-state index contributed by atoms with van der Waals surface area (Å²) in [6.45, 7) is 6.26. The van der Waals surface area contributed by atoms with Gasteiger partial charge in [0.15, 0.2) is 4.80 Å². The summed E-state index contributed by atoms with van der Waals surface area (Å²) in [6.07, 6.45) is 5.21. The van der Waals surface area contributed by atoms with Gasteiger partial charge in [-0.1, -0.05) is 85.8 Å². The number of esters is 1. The molecule has 0 saturated heterocycles. The van der Waals surface area contributed by atoms with Crippen LogP contribution in [-0.2, 0) is 9.53 Å². The minimum absolute atomic E-state index is 0.209. The zero-order chi connectivity index (χ0) is 25.9. The molecule has 7 heteroatoms. The quantitative estimate of drug-likeness (QED) is 0.360. The predicted octanol–water partition coefficient (Wildman–Crippen LogP) is 4.45. The zero-order valence-electron chi connectivity index (χ0n) is 20.9. The Kier molecular flexibility index (Phi) is 6.97. The average Bonchev–Trinajstić information content (AvgIpc) is 3.23. The summed E-state index contributed by atoms with van der Waals surface area (Å²) in [5.74, 6) is -0.125. The number of ether oxygens (including phenoxy) is 1. The van der Waals surface area contributed by atoms with Crippen LogP contribution < -0.4 is 14.9 Å². The molecule has 5 rings (SSSR count). The monoisotopic (exact) mass is 509 g/mol. The van der Waals surface area contributed by atoms with Crippen molar-refractivity contribution < 1.29 is 9.53 Å². The van der Waals surface area contributed by atoms with Crippen LogP contribution in [0.25, 0.3) is 11.8 Å². The zero-order valence-corrected chi connectivity index (χ0v) is 21.7. The maximum Gasteiger partial charge on any atom is 0.338 e. The van der Waals surface area contributed by atoms with E-state index in [2.05, 4.69) is 31.0 Å². The topological polar surface area (TPSA) is 73.6 Å². The van der Waals surface area contributed by atoms with Gasteiger partial charge in [-0.3, -0.25) is 14.3 Å². The number of nitrogens with zero attached hydrogens (tertiary/aromatic N) is 3. The number of carbonyl (C=O) groups is 1. The number of thiazole rings is 1. The van der Waals surface area contributed by atoms with E-state index in [1.807, 2.05) is 60.7 Å². The van der Waals surface area contributed by atoms with E-state index in [-0.39, 0.29) is 12.2 Å². The maximum atomic E-state index is 13.8. The molecule has 1 aliphatic heterocycles. The van der Waals surface area contributed by atoms with Crippen molar-refractivity contribution in [2.45, 2.75) is 32.7 Å². The molecule has 37 heavy (non-hydrogen) atoms. The maximum absolute atomic E-state index is 13.8. The van der Waals surface area contributed by atoms with E-state index in [9.17, 15) is 9.59 Å². The summed E-state index contributed by atoms with van der Waals surface area (Å²) in [5.41, 5.74) is 4.27. The van der Waals surface area contributed by atoms with Gasteiger partial charge in [0.1, 0.15) is 0 Å². The minimum atomic E-state index is -0.678. The molecule has 0 bridgehead atoms. The van der Waals surface area contributed by atoms with Crippen molar-refractivity contribution in [1.29, 1.82) is 0 Å². The number of hydrogen-bond acceptors (Lipinski definition) is 6. The highest BCUT2D eigenvalue weighted by atomic mass is 32.1. The molecule has 0 saturated carbocycles. The minimum Gasteiger partial charge on any atom is -0.463 e. The molecule has 0 spiro atoms. The average molecular weight is 510 g/mol. The van der Waals surface area contributed by atoms with Crippen LogP contribution in [0.2, 0.25) is 0 Å². The molecule has 1 atom stereocenters. The summed E-state index contributed by atoms with van der Waals surface area (Å²) in [6, 6.07) is 20.7. The number of aromatic nitrogens is 2. The fourth-order valence-corrected chi connectivity index (χ4v) is 5.43. The summed E-state index contributed by atoms with van der Waals surface area (Å²) in [5, 5.41) is 0. The molecule has 0 N–H and O–H groups in total. The van der Waals surface area contributed by atoms with Crippen molar-refractivity contribution in [3.05, 3.63) is 127 Å². The summed E-state index contributed by atoms with van der Waals surface area (Å²) in [7, 11) is 0. The lowest BCUT2D eigenvalue weighted by molar-refractivity contribution is -0.138. The van der Waals surface area contributed by atoms with Gasteiger partial charge in [0.05, 0.1) is 28.5 Å². The lowest BCUT2D eigenvalue weighted by Gasteiger charge is -2.26. The third-order valence-electron chi connectivity index (χ3n) is 6.27. The van der Waals surface area contributed by atoms with Gasteiger partial charge in [0.2, 0.25) is 0 Å². The van der Waals surface area contributed by atoms with Crippen molar-refractivity contribution in [3.8, 4) is 0 Å². The third kappa shape index (κ3) is 4.82. The first-order chi connectivity index (χ1) is 18.0. The van der Waals surface area contributed by atoms with Crippen LogP contribution in [0.4, 0.5) is 0 Å². The van der Waals surface area contributed by atoms with E-state index in [1.165, 1.54) is 16.9 Å². The summed E-state index contributed by atoms with van der Waals surface area (Å²) >= 11 is 1.30. The number of carbonyl (C=O) groups excluding carboxylic acids is 1. The fraction of sp³-hybridized carbons (Fsp3) is 0.200. The first-order valence-corrected chi connectivity index (χ1v) is 13.1. The second kappa shape index (κ2) is 10.5. The smallest absolute Gasteiger partial charge is 0.338 e. The molecule has 2 aromatic carbocycles. The predicted molar refractivity (Wildman–Crippen MR) is 146 cm³/mol. The third-order valence-corrected chi connectivity index (χ3v) is 7.26. The van der Waals surface area contributed by atoms with Gasteiger partial charge < -0.3 is 4.74 Å². The molecule has 0 fully saturated rings. The van der Waals surface area contributed by atoms with Crippen molar-refractivity contribution >= 4 is 29.1 Å². The Hall–Kier alpha value is -4.10. The standard InChI is InChI=1S/C30H27N3O3S/c1-4-36-29(35)25-26(22-10-6-5-7-11-22)32-30-33(27(25)23-14-12-21(13-15-23)19(2)3)28(34)24(37-30)17-20-9-8-16-31-18-20/h5-19,27H,4H2,1-3H3/b24-17-/t27-/m1/s1. The van der Waals surface area contributed by atoms with Crippen LogP contribution in [0.15, 0.2) is 94.5 Å². The molecule has 6 nitrogen and oxygen atoms in total. The van der Waals surface area contributed by atoms with Gasteiger partial charge in [0, 0.05) is 18.0 Å². The molecular formula is C30H27N3O3S. The highest BCUT2D eigenvalue weighted by Gasteiger charge is 2.35.